The molecule has 0 N–H and O–H groups in total. The predicted octanol–water partition coefficient (Wildman–Crippen LogP) is 5.51. The number of benzene rings is 2. The first kappa shape index (κ1) is 19.8. The second-order valence-corrected chi connectivity index (χ2v) is 9.22. The van der Waals surface area contributed by atoms with E-state index in [9.17, 15) is 4.79 Å². The van der Waals surface area contributed by atoms with E-state index >= 15 is 0 Å². The largest absolute Gasteiger partial charge is 0.312 e. The Morgan fingerprint density at radius 2 is 1.89 bits per heavy atom. The van der Waals surface area contributed by atoms with Crippen LogP contribution in [-0.2, 0) is 4.79 Å². The first-order valence-electron chi connectivity index (χ1n) is 8.70. The zero-order chi connectivity index (χ0) is 19.4. The quantitative estimate of drug-likeness (QED) is 0.393. The number of para-hydroxylation sites is 2. The molecule has 1 atom stereocenters. The van der Waals surface area contributed by atoms with Crippen molar-refractivity contribution in [2.45, 2.75) is 30.4 Å². The van der Waals surface area contributed by atoms with E-state index in [1.54, 1.807) is 9.58 Å². The molecule has 3 aromatic rings. The molecule has 3 rings (SSSR count). The van der Waals surface area contributed by atoms with E-state index < -0.39 is 0 Å². The maximum Gasteiger partial charge on any atom is 0.240 e. The van der Waals surface area contributed by atoms with E-state index in [4.69, 9.17) is 12.2 Å². The van der Waals surface area contributed by atoms with Crippen LogP contribution in [0.25, 0.3) is 5.69 Å². The molecule has 0 fully saturated rings. The summed E-state index contributed by atoms with van der Waals surface area (Å²) in [6.07, 6.45) is 0. The summed E-state index contributed by atoms with van der Waals surface area (Å²) in [5.41, 5.74) is 3.00. The average molecular weight is 416 g/mol. The molecule has 0 aliphatic rings. The third-order valence-electron chi connectivity index (χ3n) is 4.15. The lowest BCUT2D eigenvalue weighted by Gasteiger charge is -2.23. The fourth-order valence-electron chi connectivity index (χ4n) is 2.76. The maximum absolute atomic E-state index is 12.9. The van der Waals surface area contributed by atoms with Gasteiger partial charge in [0, 0.05) is 12.2 Å². The smallest absolute Gasteiger partial charge is 0.240 e. The fourth-order valence-corrected chi connectivity index (χ4v) is 5.31. The molecule has 0 unspecified atom stereocenters. The highest BCUT2D eigenvalue weighted by Crippen LogP contribution is 2.30. The Hall–Kier alpha value is -1.96. The SMILES string of the molecule is CCN(C(=O)[C@H](C)Sc1nn(-c2ccccc2C)c(=S)s1)c1ccccc1. The first-order chi connectivity index (χ1) is 13.0. The highest BCUT2D eigenvalue weighted by atomic mass is 32.2. The van der Waals surface area contributed by atoms with Gasteiger partial charge < -0.3 is 4.90 Å². The zero-order valence-electron chi connectivity index (χ0n) is 15.5. The summed E-state index contributed by atoms with van der Waals surface area (Å²) in [6, 6.07) is 17.7. The van der Waals surface area contributed by atoms with Crippen molar-refractivity contribution < 1.29 is 4.79 Å². The molecule has 27 heavy (non-hydrogen) atoms. The molecule has 0 bridgehead atoms. The third-order valence-corrected chi connectivity index (χ3v) is 6.55. The fraction of sp³-hybridized carbons (Fsp3) is 0.250. The molecule has 1 amide bonds. The van der Waals surface area contributed by atoms with Crippen LogP contribution in [0.1, 0.15) is 19.4 Å². The van der Waals surface area contributed by atoms with Crippen molar-refractivity contribution in [2.75, 3.05) is 11.4 Å². The summed E-state index contributed by atoms with van der Waals surface area (Å²) in [5.74, 6) is 0.0669. The average Bonchev–Trinajstić information content (AvgIpc) is 3.03. The molecule has 0 saturated carbocycles. The summed E-state index contributed by atoms with van der Waals surface area (Å²) in [4.78, 5) is 14.7. The Morgan fingerprint density at radius 1 is 1.22 bits per heavy atom. The van der Waals surface area contributed by atoms with Crippen molar-refractivity contribution in [1.82, 2.24) is 9.78 Å². The van der Waals surface area contributed by atoms with Gasteiger partial charge in [0.1, 0.15) is 0 Å². The van der Waals surface area contributed by atoms with Gasteiger partial charge in [-0.05, 0) is 56.8 Å². The van der Waals surface area contributed by atoms with Crippen molar-refractivity contribution in [3.63, 3.8) is 0 Å². The number of aryl methyl sites for hydroxylation is 1. The number of carbonyl (C=O) groups is 1. The monoisotopic (exact) mass is 415 g/mol. The lowest BCUT2D eigenvalue weighted by Crippen LogP contribution is -2.36. The van der Waals surface area contributed by atoms with E-state index in [-0.39, 0.29) is 11.2 Å². The number of thioether (sulfide) groups is 1. The van der Waals surface area contributed by atoms with Gasteiger partial charge in [-0.25, -0.2) is 4.68 Å². The maximum atomic E-state index is 12.9. The van der Waals surface area contributed by atoms with Crippen LogP contribution in [0.4, 0.5) is 5.69 Å². The number of hydrogen-bond donors (Lipinski definition) is 0. The van der Waals surface area contributed by atoms with Crippen molar-refractivity contribution in [3.05, 3.63) is 64.1 Å². The van der Waals surface area contributed by atoms with Crippen molar-refractivity contribution in [1.29, 1.82) is 0 Å². The molecule has 2 aromatic carbocycles. The summed E-state index contributed by atoms with van der Waals surface area (Å²) in [7, 11) is 0. The van der Waals surface area contributed by atoms with E-state index in [1.807, 2.05) is 75.4 Å². The highest BCUT2D eigenvalue weighted by molar-refractivity contribution is 8.02. The van der Waals surface area contributed by atoms with Crippen LogP contribution in [0.3, 0.4) is 0 Å². The van der Waals surface area contributed by atoms with E-state index in [2.05, 4.69) is 5.10 Å². The van der Waals surface area contributed by atoms with Gasteiger partial charge in [0.2, 0.25) is 5.91 Å². The van der Waals surface area contributed by atoms with E-state index in [0.29, 0.717) is 10.5 Å². The highest BCUT2D eigenvalue weighted by Gasteiger charge is 2.23. The first-order valence-corrected chi connectivity index (χ1v) is 10.8. The van der Waals surface area contributed by atoms with Gasteiger partial charge in [0.15, 0.2) is 8.29 Å². The Morgan fingerprint density at radius 3 is 2.56 bits per heavy atom. The molecular weight excluding hydrogens is 394 g/mol. The minimum atomic E-state index is -0.254. The van der Waals surface area contributed by atoms with Gasteiger partial charge >= 0.3 is 0 Å². The number of aromatic nitrogens is 2. The number of amides is 1. The standard InChI is InChI=1S/C20H21N3OS3/c1-4-22(16-11-6-5-7-12-16)18(24)15(3)26-19-21-23(20(25)27-19)17-13-9-8-10-14(17)2/h5-13,15H,4H2,1-3H3/t15-/m0/s1. The van der Waals surface area contributed by atoms with Gasteiger partial charge in [-0.1, -0.05) is 59.5 Å². The molecule has 0 radical (unpaired) electrons. The van der Waals surface area contributed by atoms with E-state index in [0.717, 1.165) is 21.3 Å². The minimum absolute atomic E-state index is 0.0669. The second kappa shape index (κ2) is 8.82. The molecule has 0 saturated heterocycles. The van der Waals surface area contributed by atoms with Gasteiger partial charge in [0.25, 0.3) is 0 Å². The van der Waals surface area contributed by atoms with E-state index in [1.165, 1.54) is 23.1 Å². The molecule has 4 nitrogen and oxygen atoms in total. The van der Waals surface area contributed by atoms with Gasteiger partial charge in [0.05, 0.1) is 10.9 Å². The van der Waals surface area contributed by atoms with Crippen molar-refractivity contribution in [3.8, 4) is 5.69 Å². The molecule has 0 spiro atoms. The number of nitrogens with zero attached hydrogens (tertiary/aromatic N) is 3. The number of carbonyl (C=O) groups excluding carboxylic acids is 1. The predicted molar refractivity (Wildman–Crippen MR) is 117 cm³/mol. The molecule has 140 valence electrons. The van der Waals surface area contributed by atoms with Gasteiger partial charge in [-0.2, -0.15) is 0 Å². The van der Waals surface area contributed by atoms with Gasteiger partial charge in [-0.15, -0.1) is 5.10 Å². The lowest BCUT2D eigenvalue weighted by molar-refractivity contribution is -0.117. The number of hydrogen-bond acceptors (Lipinski definition) is 5. The minimum Gasteiger partial charge on any atom is -0.312 e. The summed E-state index contributed by atoms with van der Waals surface area (Å²) >= 11 is 8.39. The molecular formula is C20H21N3OS3. The molecule has 0 aliphatic carbocycles. The molecule has 1 heterocycles. The van der Waals surface area contributed by atoms with Crippen LogP contribution in [0.2, 0.25) is 0 Å². The zero-order valence-corrected chi connectivity index (χ0v) is 17.9. The van der Waals surface area contributed by atoms with Crippen molar-refractivity contribution in [2.24, 2.45) is 0 Å². The van der Waals surface area contributed by atoms with Crippen LogP contribution in [0, 0.1) is 10.9 Å². The summed E-state index contributed by atoms with van der Waals surface area (Å²) in [6.45, 7) is 6.57. The normalized spacial score (nSPS) is 12.0. The van der Waals surface area contributed by atoms with Crippen LogP contribution >= 0.6 is 35.3 Å². The van der Waals surface area contributed by atoms with Gasteiger partial charge in [-0.3, -0.25) is 4.79 Å². The Balaban J connectivity index is 1.79. The third kappa shape index (κ3) is 4.48. The Kier molecular flexibility index (Phi) is 6.46. The number of rotatable bonds is 6. The number of anilines is 1. The van der Waals surface area contributed by atoms with Crippen LogP contribution in [0.5, 0.6) is 0 Å². The van der Waals surface area contributed by atoms with Crippen LogP contribution in [0.15, 0.2) is 58.9 Å². The Bertz CT molecular complexity index is 981. The molecule has 1 aromatic heterocycles. The molecule has 0 aliphatic heterocycles. The topological polar surface area (TPSA) is 38.1 Å². The van der Waals surface area contributed by atoms with Crippen LogP contribution < -0.4 is 4.90 Å². The lowest BCUT2D eigenvalue weighted by atomic mass is 10.2. The van der Waals surface area contributed by atoms with Crippen molar-refractivity contribution >= 4 is 46.9 Å². The van der Waals surface area contributed by atoms with Crippen LogP contribution in [-0.4, -0.2) is 27.5 Å². The Labute approximate surface area is 172 Å². The summed E-state index contributed by atoms with van der Waals surface area (Å²) in [5, 5.41) is 4.39. The molecule has 7 heteroatoms. The second-order valence-electron chi connectivity index (χ2n) is 6.01. The summed E-state index contributed by atoms with van der Waals surface area (Å²) < 4.78 is 3.26.